The Balaban J connectivity index is 2.37. The average molecular weight is 421 g/mol. The molecule has 1 fully saturated rings. The van der Waals surface area contributed by atoms with Gasteiger partial charge < -0.3 is 19.8 Å². The van der Waals surface area contributed by atoms with Crippen LogP contribution in [0.1, 0.15) is 38.7 Å². The highest BCUT2D eigenvalue weighted by atomic mass is 16.5. The minimum Gasteiger partial charge on any atom is -0.497 e. The predicted octanol–water partition coefficient (Wildman–Crippen LogP) is 0.940. The lowest BCUT2D eigenvalue weighted by Gasteiger charge is -2.30. The number of methoxy groups -OCH3 is 1. The first-order chi connectivity index (χ1) is 14.1. The van der Waals surface area contributed by atoms with Gasteiger partial charge in [-0.2, -0.15) is 0 Å². The molecule has 8 nitrogen and oxygen atoms in total. The molecule has 1 aromatic rings. The molecule has 2 rings (SSSR count). The first kappa shape index (κ1) is 23.8. The van der Waals surface area contributed by atoms with Crippen molar-refractivity contribution in [3.8, 4) is 5.75 Å². The van der Waals surface area contributed by atoms with E-state index in [4.69, 9.17) is 9.84 Å². The third kappa shape index (κ3) is 5.17. The highest BCUT2D eigenvalue weighted by Crippen LogP contribution is 2.41. The average Bonchev–Trinajstić information content (AvgIpc) is 2.96. The van der Waals surface area contributed by atoms with E-state index in [9.17, 15) is 19.5 Å². The quantitative estimate of drug-likeness (QED) is 0.546. The summed E-state index contributed by atoms with van der Waals surface area (Å²) in [7, 11) is 3.04. The molecule has 1 heterocycles. The highest BCUT2D eigenvalue weighted by Gasteiger charge is 2.53. The smallest absolute Gasteiger partial charge is 0.240 e. The molecule has 2 atom stereocenters. The number of hydrogen-bond donors (Lipinski definition) is 2. The number of ether oxygens (including phenoxy) is 1. The molecule has 0 spiro atoms. The Kier molecular flexibility index (Phi) is 7.97. The topological polar surface area (TPSA) is 107 Å². The largest absolute Gasteiger partial charge is 0.497 e. The fourth-order valence-corrected chi connectivity index (χ4v) is 3.66. The van der Waals surface area contributed by atoms with Crippen molar-refractivity contribution in [2.75, 3.05) is 33.9 Å². The van der Waals surface area contributed by atoms with Gasteiger partial charge in [0.15, 0.2) is 0 Å². The standard InChI is InChI=1S/C22H32N2O6/c1-15(2)9-10-24-20(28)12-22(21(24)29,16-5-7-18(30-4)8-6-16)11-19(27)23(3)13-17(26)14-25/h5-8,15,17,25-26H,9-14H2,1-4H3/t17-,22+/m0/s1. The van der Waals surface area contributed by atoms with Gasteiger partial charge >= 0.3 is 0 Å². The Bertz CT molecular complexity index is 763. The number of carbonyl (C=O) groups is 3. The normalized spacial score (nSPS) is 20.0. The van der Waals surface area contributed by atoms with Gasteiger partial charge in [-0.1, -0.05) is 26.0 Å². The van der Waals surface area contributed by atoms with Gasteiger partial charge in [-0.25, -0.2) is 0 Å². The van der Waals surface area contributed by atoms with Crippen molar-refractivity contribution in [1.82, 2.24) is 9.80 Å². The number of carbonyl (C=O) groups excluding carboxylic acids is 3. The van der Waals surface area contributed by atoms with Gasteiger partial charge in [-0.05, 0) is 30.0 Å². The van der Waals surface area contributed by atoms with Crippen molar-refractivity contribution in [2.45, 2.75) is 44.6 Å². The maximum atomic E-state index is 13.5. The first-order valence-corrected chi connectivity index (χ1v) is 10.2. The number of aliphatic hydroxyl groups excluding tert-OH is 2. The van der Waals surface area contributed by atoms with Crippen LogP contribution in [-0.2, 0) is 19.8 Å². The molecule has 0 radical (unpaired) electrons. The number of imide groups is 1. The predicted molar refractivity (Wildman–Crippen MR) is 111 cm³/mol. The zero-order chi connectivity index (χ0) is 22.5. The van der Waals surface area contributed by atoms with Gasteiger partial charge in [-0.3, -0.25) is 19.3 Å². The molecule has 0 aromatic heterocycles. The van der Waals surface area contributed by atoms with E-state index < -0.39 is 18.1 Å². The summed E-state index contributed by atoms with van der Waals surface area (Å²) in [6.45, 7) is 3.83. The molecule has 1 aliphatic rings. The molecule has 1 aromatic carbocycles. The fraction of sp³-hybridized carbons (Fsp3) is 0.591. The molecule has 1 saturated heterocycles. The molecule has 8 heteroatoms. The Labute approximate surface area is 177 Å². The first-order valence-electron chi connectivity index (χ1n) is 10.2. The fourth-order valence-electron chi connectivity index (χ4n) is 3.66. The van der Waals surface area contributed by atoms with E-state index in [1.807, 2.05) is 13.8 Å². The van der Waals surface area contributed by atoms with Crippen LogP contribution in [0, 0.1) is 5.92 Å². The lowest BCUT2D eigenvalue weighted by molar-refractivity contribution is -0.142. The molecule has 30 heavy (non-hydrogen) atoms. The second-order valence-electron chi connectivity index (χ2n) is 8.31. The molecule has 0 unspecified atom stereocenters. The van der Waals surface area contributed by atoms with Crippen molar-refractivity contribution < 1.29 is 29.3 Å². The van der Waals surface area contributed by atoms with Gasteiger partial charge in [0.2, 0.25) is 17.7 Å². The number of hydrogen-bond acceptors (Lipinski definition) is 6. The highest BCUT2D eigenvalue weighted by molar-refractivity contribution is 6.10. The van der Waals surface area contributed by atoms with Gasteiger partial charge in [0, 0.05) is 33.0 Å². The molecule has 1 aliphatic heterocycles. The van der Waals surface area contributed by atoms with Crippen molar-refractivity contribution in [2.24, 2.45) is 5.92 Å². The van der Waals surface area contributed by atoms with E-state index >= 15 is 0 Å². The van der Waals surface area contributed by atoms with Crippen LogP contribution in [0.3, 0.4) is 0 Å². The summed E-state index contributed by atoms with van der Waals surface area (Å²) in [5.41, 5.74) is -0.714. The van der Waals surface area contributed by atoms with E-state index in [1.165, 1.54) is 24.0 Å². The van der Waals surface area contributed by atoms with Crippen LogP contribution < -0.4 is 4.74 Å². The number of benzene rings is 1. The summed E-state index contributed by atoms with van der Waals surface area (Å²) in [6.07, 6.45) is -0.665. The van der Waals surface area contributed by atoms with E-state index in [0.29, 0.717) is 30.2 Å². The van der Waals surface area contributed by atoms with Crippen molar-refractivity contribution in [3.63, 3.8) is 0 Å². The third-order valence-electron chi connectivity index (χ3n) is 5.56. The molecule has 166 valence electrons. The van der Waals surface area contributed by atoms with E-state index in [2.05, 4.69) is 0 Å². The monoisotopic (exact) mass is 420 g/mol. The zero-order valence-electron chi connectivity index (χ0n) is 18.1. The minimum absolute atomic E-state index is 0.0623. The SMILES string of the molecule is COc1ccc([C@@]2(CC(=O)N(C)C[C@H](O)CO)CC(=O)N(CCC(C)C)C2=O)cc1. The Morgan fingerprint density at radius 2 is 1.90 bits per heavy atom. The number of likely N-dealkylation sites (tertiary alicyclic amines) is 1. The zero-order valence-corrected chi connectivity index (χ0v) is 18.1. The van der Waals surface area contributed by atoms with E-state index in [-0.39, 0.29) is 37.1 Å². The molecule has 0 saturated carbocycles. The number of aliphatic hydroxyl groups is 2. The molecule has 3 amide bonds. The van der Waals surface area contributed by atoms with Crippen LogP contribution in [0.5, 0.6) is 5.75 Å². The van der Waals surface area contributed by atoms with Gasteiger partial charge in [0.1, 0.15) is 5.75 Å². The second kappa shape index (κ2) is 10.0. The third-order valence-corrected chi connectivity index (χ3v) is 5.56. The number of rotatable bonds is 10. The molecular weight excluding hydrogens is 388 g/mol. The summed E-state index contributed by atoms with van der Waals surface area (Å²) in [5, 5.41) is 18.7. The molecule has 2 N–H and O–H groups in total. The Morgan fingerprint density at radius 1 is 1.27 bits per heavy atom. The van der Waals surface area contributed by atoms with Crippen molar-refractivity contribution in [1.29, 1.82) is 0 Å². The maximum Gasteiger partial charge on any atom is 0.240 e. The summed E-state index contributed by atoms with van der Waals surface area (Å²) in [4.78, 5) is 41.7. The van der Waals surface area contributed by atoms with E-state index in [0.717, 1.165) is 0 Å². The molecular formula is C22H32N2O6. The Morgan fingerprint density at radius 3 is 2.43 bits per heavy atom. The van der Waals surface area contributed by atoms with Crippen LogP contribution >= 0.6 is 0 Å². The number of nitrogens with zero attached hydrogens (tertiary/aromatic N) is 2. The number of amides is 3. The summed E-state index contributed by atoms with van der Waals surface area (Å²) in [5.74, 6) is -0.110. The van der Waals surface area contributed by atoms with Crippen LogP contribution in [0.2, 0.25) is 0 Å². The summed E-state index contributed by atoms with van der Waals surface area (Å²) in [6, 6.07) is 6.84. The van der Waals surface area contributed by atoms with Crippen LogP contribution in [-0.4, -0.2) is 77.7 Å². The summed E-state index contributed by atoms with van der Waals surface area (Å²) < 4.78 is 5.19. The lowest BCUT2D eigenvalue weighted by Crippen LogP contribution is -2.44. The van der Waals surface area contributed by atoms with Gasteiger partial charge in [0.25, 0.3) is 0 Å². The minimum atomic E-state index is -1.30. The van der Waals surface area contributed by atoms with Gasteiger partial charge in [0.05, 0.1) is 25.2 Å². The van der Waals surface area contributed by atoms with Crippen molar-refractivity contribution in [3.05, 3.63) is 29.8 Å². The van der Waals surface area contributed by atoms with Crippen LogP contribution in [0.15, 0.2) is 24.3 Å². The molecule has 0 bridgehead atoms. The summed E-state index contributed by atoms with van der Waals surface area (Å²) >= 11 is 0. The molecule has 0 aliphatic carbocycles. The lowest BCUT2D eigenvalue weighted by atomic mass is 9.75. The van der Waals surface area contributed by atoms with Crippen LogP contribution in [0.4, 0.5) is 0 Å². The van der Waals surface area contributed by atoms with E-state index in [1.54, 1.807) is 24.3 Å². The number of likely N-dealkylation sites (N-methyl/N-ethyl adjacent to an activating group) is 1. The van der Waals surface area contributed by atoms with Crippen LogP contribution in [0.25, 0.3) is 0 Å². The van der Waals surface area contributed by atoms with Gasteiger partial charge in [-0.15, -0.1) is 0 Å². The second-order valence-corrected chi connectivity index (χ2v) is 8.31. The Hall–Kier alpha value is -2.45. The van der Waals surface area contributed by atoms with Crippen molar-refractivity contribution >= 4 is 17.7 Å². The maximum absolute atomic E-state index is 13.5.